The molecule has 0 spiro atoms. The monoisotopic (exact) mass is 621 g/mol. The van der Waals surface area contributed by atoms with E-state index in [2.05, 4.69) is 44.3 Å². The van der Waals surface area contributed by atoms with Gasteiger partial charge in [-0.3, -0.25) is 14.6 Å². The molecule has 0 unspecified atom stereocenters. The minimum Gasteiger partial charge on any atom is -0.457 e. The fourth-order valence-electron chi connectivity index (χ4n) is 6.07. The third-order valence-electron chi connectivity index (χ3n) is 8.80. The smallest absolute Gasteiger partial charge is 0.338 e. The van der Waals surface area contributed by atoms with Crippen LogP contribution in [0.25, 0.3) is 0 Å². The number of amides is 1. The lowest BCUT2D eigenvalue weighted by Gasteiger charge is -2.36. The number of nitrogens with zero attached hydrogens (tertiary/aromatic N) is 4. The van der Waals surface area contributed by atoms with Gasteiger partial charge in [-0.25, -0.2) is 4.79 Å². The molecule has 1 amide bonds. The van der Waals surface area contributed by atoms with Gasteiger partial charge >= 0.3 is 5.97 Å². The molecule has 0 radical (unpaired) electrons. The highest BCUT2D eigenvalue weighted by Crippen LogP contribution is 2.34. The first-order valence-electron chi connectivity index (χ1n) is 15.5. The van der Waals surface area contributed by atoms with Crippen molar-refractivity contribution in [2.24, 2.45) is 0 Å². The average Bonchev–Trinajstić information content (AvgIpc) is 3.46. The van der Waals surface area contributed by atoms with E-state index in [0.29, 0.717) is 16.4 Å². The van der Waals surface area contributed by atoms with Gasteiger partial charge in [0.15, 0.2) is 10.2 Å². The molecule has 8 nitrogen and oxygen atoms in total. The number of nitrogens with one attached hydrogen (secondary N) is 1. The number of hydrogen-bond acceptors (Lipinski definition) is 6. The van der Waals surface area contributed by atoms with Gasteiger partial charge in [0.2, 0.25) is 0 Å². The number of carbonyl (C=O) groups is 2. The van der Waals surface area contributed by atoms with Gasteiger partial charge in [-0.2, -0.15) is 0 Å². The van der Waals surface area contributed by atoms with Crippen LogP contribution in [0.5, 0.6) is 0 Å². The zero-order valence-corrected chi connectivity index (χ0v) is 27.0. The number of hydrogen-bond donors (Lipinski definition) is 1. The van der Waals surface area contributed by atoms with Crippen LogP contribution in [0.1, 0.15) is 73.9 Å². The number of carbonyl (C=O) groups excluding carboxylic acids is 2. The van der Waals surface area contributed by atoms with E-state index in [1.807, 2.05) is 26.0 Å². The summed E-state index contributed by atoms with van der Waals surface area (Å²) in [6.07, 6.45) is 6.99. The van der Waals surface area contributed by atoms with Crippen LogP contribution < -0.4 is 10.2 Å². The maximum Gasteiger partial charge on any atom is 0.338 e. The van der Waals surface area contributed by atoms with Crippen LogP contribution in [-0.4, -0.2) is 81.6 Å². The van der Waals surface area contributed by atoms with E-state index in [1.165, 1.54) is 31.2 Å². The Kier molecular flexibility index (Phi) is 10.3. The highest BCUT2D eigenvalue weighted by atomic mass is 32.1. The molecule has 230 valence electrons. The lowest BCUT2D eigenvalue weighted by atomic mass is 10.0. The Balaban J connectivity index is 0.951. The number of cyclic esters (lactones) is 1. The number of unbranched alkanes of at least 4 members (excludes halogenated alkanes) is 5. The Hall–Kier alpha value is -3.08. The second-order valence-electron chi connectivity index (χ2n) is 12.1. The van der Waals surface area contributed by atoms with Crippen LogP contribution in [0.15, 0.2) is 48.5 Å². The number of esters is 1. The summed E-state index contributed by atoms with van der Waals surface area (Å²) >= 11 is 11.4. The molecule has 43 heavy (non-hydrogen) atoms. The van der Waals surface area contributed by atoms with Crippen LogP contribution in [0.4, 0.5) is 5.69 Å². The quantitative estimate of drug-likeness (QED) is 0.198. The van der Waals surface area contributed by atoms with Crippen molar-refractivity contribution in [3.05, 3.63) is 65.2 Å². The molecule has 2 aromatic carbocycles. The number of fused-ring (bicyclic) bond motifs is 1. The predicted molar refractivity (Wildman–Crippen MR) is 178 cm³/mol. The molecule has 3 heterocycles. The van der Waals surface area contributed by atoms with Gasteiger partial charge in [-0.1, -0.05) is 56.0 Å². The van der Waals surface area contributed by atoms with E-state index in [-0.39, 0.29) is 18.5 Å². The SMILES string of the molecule is CC1(C)C(=O)N(c2ccc3c(c2)COC3=O)C(=S)N1CCCCCCCCN1CCN(C(=S)NCc2ccccc2)CC1. The molecule has 2 saturated heterocycles. The summed E-state index contributed by atoms with van der Waals surface area (Å²) in [6.45, 7) is 10.9. The molecule has 0 aromatic heterocycles. The van der Waals surface area contributed by atoms with E-state index >= 15 is 0 Å². The lowest BCUT2D eigenvalue weighted by molar-refractivity contribution is -0.123. The van der Waals surface area contributed by atoms with Crippen LogP contribution in [0.2, 0.25) is 0 Å². The van der Waals surface area contributed by atoms with Gasteiger partial charge in [-0.05, 0) is 81.4 Å². The number of benzene rings is 2. The summed E-state index contributed by atoms with van der Waals surface area (Å²) in [7, 11) is 0. The summed E-state index contributed by atoms with van der Waals surface area (Å²) < 4.78 is 5.12. The molecular formula is C33H43N5O3S2. The van der Waals surface area contributed by atoms with Crippen molar-refractivity contribution in [3.63, 3.8) is 0 Å². The van der Waals surface area contributed by atoms with Crippen molar-refractivity contribution >= 4 is 52.2 Å². The molecule has 0 saturated carbocycles. The normalized spacial score (nSPS) is 18.3. The van der Waals surface area contributed by atoms with E-state index < -0.39 is 5.54 Å². The molecule has 2 fully saturated rings. The summed E-state index contributed by atoms with van der Waals surface area (Å²) in [4.78, 5) is 33.7. The third kappa shape index (κ3) is 7.36. The van der Waals surface area contributed by atoms with Crippen molar-refractivity contribution < 1.29 is 14.3 Å². The van der Waals surface area contributed by atoms with Gasteiger partial charge in [0.05, 0.1) is 11.3 Å². The topological polar surface area (TPSA) is 68.4 Å². The molecule has 0 aliphatic carbocycles. The second-order valence-corrected chi connectivity index (χ2v) is 12.9. The van der Waals surface area contributed by atoms with Crippen molar-refractivity contribution in [2.75, 3.05) is 44.2 Å². The minimum atomic E-state index is -0.700. The Labute approximate surface area is 266 Å². The first-order chi connectivity index (χ1) is 20.8. The maximum atomic E-state index is 13.4. The van der Waals surface area contributed by atoms with Crippen LogP contribution in [0, 0.1) is 0 Å². The van der Waals surface area contributed by atoms with E-state index in [4.69, 9.17) is 29.2 Å². The van der Waals surface area contributed by atoms with Gasteiger partial charge in [0.25, 0.3) is 5.91 Å². The predicted octanol–water partition coefficient (Wildman–Crippen LogP) is 5.10. The fourth-order valence-corrected chi connectivity index (χ4v) is 6.83. The summed E-state index contributed by atoms with van der Waals surface area (Å²) in [6, 6.07) is 15.7. The standard InChI is InChI=1S/C33H43N5O3S2/c1-33(2)30(40)38(27-14-15-28-26(22-27)24-41-29(28)39)32(43)37(33)17-11-6-4-3-5-10-16-35-18-20-36(21-19-35)31(42)34-23-25-12-8-7-9-13-25/h7-9,12-15,22H,3-6,10-11,16-21,23-24H2,1-2H3,(H,34,42). The van der Waals surface area contributed by atoms with Crippen molar-refractivity contribution in [1.29, 1.82) is 0 Å². The van der Waals surface area contributed by atoms with E-state index in [0.717, 1.165) is 69.3 Å². The largest absolute Gasteiger partial charge is 0.457 e. The molecule has 3 aliphatic heterocycles. The first-order valence-corrected chi connectivity index (χ1v) is 16.3. The Morgan fingerprint density at radius 2 is 1.58 bits per heavy atom. The van der Waals surface area contributed by atoms with Gasteiger partial charge in [-0.15, -0.1) is 0 Å². The lowest BCUT2D eigenvalue weighted by Crippen LogP contribution is -2.51. The molecule has 2 aromatic rings. The zero-order chi connectivity index (χ0) is 30.4. The number of ether oxygens (including phenoxy) is 1. The second kappa shape index (κ2) is 14.1. The Bertz CT molecular complexity index is 1330. The van der Waals surface area contributed by atoms with Crippen molar-refractivity contribution in [1.82, 2.24) is 20.0 Å². The molecule has 10 heteroatoms. The average molecular weight is 622 g/mol. The maximum absolute atomic E-state index is 13.4. The molecule has 0 bridgehead atoms. The number of rotatable bonds is 12. The highest BCUT2D eigenvalue weighted by molar-refractivity contribution is 7.80. The summed E-state index contributed by atoms with van der Waals surface area (Å²) in [5.74, 6) is -0.348. The third-order valence-corrected chi connectivity index (χ3v) is 9.61. The summed E-state index contributed by atoms with van der Waals surface area (Å²) in [5.41, 5.74) is 2.61. The molecule has 1 N–H and O–H groups in total. The minimum absolute atomic E-state index is 0.0335. The summed E-state index contributed by atoms with van der Waals surface area (Å²) in [5, 5.41) is 4.79. The highest BCUT2D eigenvalue weighted by Gasteiger charge is 2.49. The van der Waals surface area contributed by atoms with Gasteiger partial charge < -0.3 is 19.9 Å². The Morgan fingerprint density at radius 1 is 0.907 bits per heavy atom. The fraction of sp³-hybridized carbons (Fsp3) is 0.515. The number of piperazine rings is 1. The van der Waals surface area contributed by atoms with Crippen LogP contribution in [0.3, 0.4) is 0 Å². The van der Waals surface area contributed by atoms with Crippen molar-refractivity contribution in [2.45, 2.75) is 71.1 Å². The van der Waals surface area contributed by atoms with Gasteiger partial charge in [0, 0.05) is 44.8 Å². The molecule has 5 rings (SSSR count). The molecular weight excluding hydrogens is 579 g/mol. The van der Waals surface area contributed by atoms with Gasteiger partial charge in [0.1, 0.15) is 12.1 Å². The number of anilines is 1. The first kappa shape index (κ1) is 31.3. The van der Waals surface area contributed by atoms with E-state index in [9.17, 15) is 9.59 Å². The van der Waals surface area contributed by atoms with Crippen LogP contribution >= 0.6 is 24.4 Å². The van der Waals surface area contributed by atoms with Crippen molar-refractivity contribution in [3.8, 4) is 0 Å². The molecule has 0 atom stereocenters. The molecule has 3 aliphatic rings. The van der Waals surface area contributed by atoms with Crippen LogP contribution in [-0.2, 0) is 22.7 Å². The zero-order valence-electron chi connectivity index (χ0n) is 25.3. The van der Waals surface area contributed by atoms with E-state index in [1.54, 1.807) is 17.0 Å². The Morgan fingerprint density at radius 3 is 2.30 bits per heavy atom. The number of thiocarbonyl (C=S) groups is 2.